The Morgan fingerprint density at radius 1 is 0.947 bits per heavy atom. The molecule has 106 valence electrons. The van der Waals surface area contributed by atoms with Gasteiger partial charge in [0.15, 0.2) is 0 Å². The summed E-state index contributed by atoms with van der Waals surface area (Å²) in [5.41, 5.74) is 1.29. The fourth-order valence-corrected chi connectivity index (χ4v) is 2.19. The number of rotatable bonds is 10. The molecule has 0 saturated heterocycles. The van der Waals surface area contributed by atoms with Crippen molar-refractivity contribution in [2.45, 2.75) is 64.4 Å². The fourth-order valence-electron chi connectivity index (χ4n) is 2.19. The number of allylic oxidation sites excluding steroid dienone is 1. The summed E-state index contributed by atoms with van der Waals surface area (Å²) in [5.74, 6) is 0. The highest BCUT2D eigenvalue weighted by Crippen LogP contribution is 2.10. The second kappa shape index (κ2) is 10.8. The van der Waals surface area contributed by atoms with Crippen molar-refractivity contribution in [2.75, 3.05) is 0 Å². The zero-order valence-corrected chi connectivity index (χ0v) is 12.2. The molecular weight excluding hydrogens is 232 g/mol. The van der Waals surface area contributed by atoms with Gasteiger partial charge in [0.05, 0.1) is 6.10 Å². The molecule has 1 aromatic carbocycles. The van der Waals surface area contributed by atoms with Crippen LogP contribution < -0.4 is 0 Å². The highest BCUT2D eigenvalue weighted by Gasteiger charge is 1.95. The van der Waals surface area contributed by atoms with E-state index in [1.54, 1.807) is 0 Å². The topological polar surface area (TPSA) is 20.2 Å². The van der Waals surface area contributed by atoms with Crippen LogP contribution in [0.1, 0.15) is 63.9 Å². The van der Waals surface area contributed by atoms with Crippen LogP contribution in [0.2, 0.25) is 0 Å². The van der Waals surface area contributed by atoms with Gasteiger partial charge in [-0.1, -0.05) is 74.6 Å². The molecule has 0 aliphatic rings. The lowest BCUT2D eigenvalue weighted by Gasteiger charge is -2.03. The summed E-state index contributed by atoms with van der Waals surface area (Å²) in [4.78, 5) is 0. The van der Waals surface area contributed by atoms with Crippen molar-refractivity contribution in [1.82, 2.24) is 0 Å². The van der Waals surface area contributed by atoms with Gasteiger partial charge in [0, 0.05) is 0 Å². The average Bonchev–Trinajstić information content (AvgIpc) is 2.42. The Balaban J connectivity index is 1.90. The molecule has 1 unspecified atom stereocenters. The molecule has 1 aromatic rings. The minimum absolute atomic E-state index is 0.122. The summed E-state index contributed by atoms with van der Waals surface area (Å²) in [6, 6.07) is 10.5. The molecule has 0 radical (unpaired) electrons. The highest BCUT2D eigenvalue weighted by molar-refractivity contribution is 5.48. The molecule has 19 heavy (non-hydrogen) atoms. The predicted molar refractivity (Wildman–Crippen MR) is 84.1 cm³/mol. The van der Waals surface area contributed by atoms with Crippen molar-refractivity contribution in [3.63, 3.8) is 0 Å². The van der Waals surface area contributed by atoms with Crippen LogP contribution in [0.25, 0.3) is 6.08 Å². The Morgan fingerprint density at radius 2 is 1.58 bits per heavy atom. The van der Waals surface area contributed by atoms with E-state index in [0.29, 0.717) is 0 Å². The Hall–Kier alpha value is -1.08. The van der Waals surface area contributed by atoms with Crippen LogP contribution in [0.4, 0.5) is 0 Å². The van der Waals surface area contributed by atoms with Gasteiger partial charge in [0.2, 0.25) is 0 Å². The minimum atomic E-state index is -0.122. The summed E-state index contributed by atoms with van der Waals surface area (Å²) in [5, 5.41) is 9.14. The smallest absolute Gasteiger partial charge is 0.0512 e. The molecule has 0 bridgehead atoms. The number of aliphatic hydroxyl groups excluding tert-OH is 1. The van der Waals surface area contributed by atoms with Crippen molar-refractivity contribution >= 4 is 6.08 Å². The quantitative estimate of drug-likeness (QED) is 0.573. The fraction of sp³-hybridized carbons (Fsp3) is 0.556. The van der Waals surface area contributed by atoms with Gasteiger partial charge in [0.25, 0.3) is 0 Å². The molecule has 1 atom stereocenters. The monoisotopic (exact) mass is 260 g/mol. The standard InChI is InChI=1S/C18H28O/c1-17(19)13-9-6-4-2-3-5-7-10-14-18-15-11-8-12-16-18/h8,10-12,14-17,19H,2-7,9,13H2,1H3/b14-10+. The van der Waals surface area contributed by atoms with E-state index in [0.717, 1.165) is 6.42 Å². The third kappa shape index (κ3) is 9.49. The molecular formula is C18H28O. The molecule has 1 N–H and O–H groups in total. The van der Waals surface area contributed by atoms with Crippen molar-refractivity contribution in [1.29, 1.82) is 0 Å². The van der Waals surface area contributed by atoms with E-state index in [9.17, 15) is 0 Å². The highest BCUT2D eigenvalue weighted by atomic mass is 16.3. The maximum absolute atomic E-state index is 9.14. The molecule has 1 rings (SSSR count). The molecule has 0 saturated carbocycles. The largest absolute Gasteiger partial charge is 0.393 e. The van der Waals surface area contributed by atoms with E-state index < -0.39 is 0 Å². The lowest BCUT2D eigenvalue weighted by molar-refractivity contribution is 0.180. The van der Waals surface area contributed by atoms with Gasteiger partial charge < -0.3 is 5.11 Å². The van der Waals surface area contributed by atoms with Crippen LogP contribution in [0, 0.1) is 0 Å². The third-order valence-electron chi connectivity index (χ3n) is 3.35. The molecule has 0 fully saturated rings. The van der Waals surface area contributed by atoms with Crippen molar-refractivity contribution in [3.05, 3.63) is 42.0 Å². The van der Waals surface area contributed by atoms with Gasteiger partial charge in [-0.3, -0.25) is 0 Å². The molecule has 0 aliphatic heterocycles. The SMILES string of the molecule is CC(O)CCCCCCCC/C=C/c1ccccc1. The van der Waals surface area contributed by atoms with Gasteiger partial charge in [-0.2, -0.15) is 0 Å². The van der Waals surface area contributed by atoms with E-state index in [1.807, 2.05) is 6.92 Å². The number of benzene rings is 1. The van der Waals surface area contributed by atoms with E-state index in [1.165, 1.54) is 50.5 Å². The van der Waals surface area contributed by atoms with Crippen LogP contribution >= 0.6 is 0 Å². The molecule has 0 spiro atoms. The van der Waals surface area contributed by atoms with Crippen LogP contribution in [0.5, 0.6) is 0 Å². The first kappa shape index (κ1) is 16.0. The summed E-state index contributed by atoms with van der Waals surface area (Å²) in [7, 11) is 0. The van der Waals surface area contributed by atoms with Gasteiger partial charge in [-0.15, -0.1) is 0 Å². The van der Waals surface area contributed by atoms with E-state index in [-0.39, 0.29) is 6.10 Å². The molecule has 0 heterocycles. The normalized spacial score (nSPS) is 12.9. The Morgan fingerprint density at radius 3 is 2.26 bits per heavy atom. The zero-order chi connectivity index (χ0) is 13.8. The first-order valence-electron chi connectivity index (χ1n) is 7.68. The van der Waals surface area contributed by atoms with E-state index in [2.05, 4.69) is 42.5 Å². The van der Waals surface area contributed by atoms with Gasteiger partial charge in [0.1, 0.15) is 0 Å². The lowest BCUT2D eigenvalue weighted by Crippen LogP contribution is -1.98. The number of unbranched alkanes of at least 4 members (excludes halogenated alkanes) is 6. The number of hydrogen-bond donors (Lipinski definition) is 1. The average molecular weight is 260 g/mol. The Kier molecular flexibility index (Phi) is 9.09. The Labute approximate surface area is 118 Å². The maximum atomic E-state index is 9.14. The van der Waals surface area contributed by atoms with Crippen molar-refractivity contribution in [2.24, 2.45) is 0 Å². The van der Waals surface area contributed by atoms with E-state index in [4.69, 9.17) is 5.11 Å². The van der Waals surface area contributed by atoms with Crippen LogP contribution in [-0.2, 0) is 0 Å². The third-order valence-corrected chi connectivity index (χ3v) is 3.35. The van der Waals surface area contributed by atoms with E-state index >= 15 is 0 Å². The summed E-state index contributed by atoms with van der Waals surface area (Å²) in [6.07, 6.45) is 14.2. The summed E-state index contributed by atoms with van der Waals surface area (Å²) < 4.78 is 0. The van der Waals surface area contributed by atoms with Gasteiger partial charge in [-0.25, -0.2) is 0 Å². The molecule has 0 aromatic heterocycles. The van der Waals surface area contributed by atoms with Crippen LogP contribution in [-0.4, -0.2) is 11.2 Å². The molecule has 0 amide bonds. The molecule has 1 heteroatoms. The molecule has 0 aliphatic carbocycles. The van der Waals surface area contributed by atoms with Crippen molar-refractivity contribution < 1.29 is 5.11 Å². The summed E-state index contributed by atoms with van der Waals surface area (Å²) >= 11 is 0. The first-order chi connectivity index (χ1) is 9.29. The molecule has 1 nitrogen and oxygen atoms in total. The Bertz CT molecular complexity index is 327. The van der Waals surface area contributed by atoms with Crippen LogP contribution in [0.15, 0.2) is 36.4 Å². The van der Waals surface area contributed by atoms with Gasteiger partial charge in [-0.05, 0) is 31.7 Å². The second-order valence-corrected chi connectivity index (χ2v) is 5.36. The number of hydrogen-bond acceptors (Lipinski definition) is 1. The maximum Gasteiger partial charge on any atom is 0.0512 e. The van der Waals surface area contributed by atoms with Crippen molar-refractivity contribution in [3.8, 4) is 0 Å². The second-order valence-electron chi connectivity index (χ2n) is 5.36. The predicted octanol–water partition coefficient (Wildman–Crippen LogP) is 5.20. The lowest BCUT2D eigenvalue weighted by atomic mass is 10.1. The first-order valence-corrected chi connectivity index (χ1v) is 7.68. The zero-order valence-electron chi connectivity index (χ0n) is 12.2. The van der Waals surface area contributed by atoms with Gasteiger partial charge >= 0.3 is 0 Å². The number of aliphatic hydroxyl groups is 1. The van der Waals surface area contributed by atoms with Crippen LogP contribution in [0.3, 0.4) is 0 Å². The summed E-state index contributed by atoms with van der Waals surface area (Å²) in [6.45, 7) is 1.87. The minimum Gasteiger partial charge on any atom is -0.393 e.